The summed E-state index contributed by atoms with van der Waals surface area (Å²) in [5, 5.41) is 0. The fraction of sp³-hybridized carbons (Fsp3) is 0.400. The minimum atomic E-state index is -0.233. The van der Waals surface area contributed by atoms with Gasteiger partial charge in [-0.3, -0.25) is 0 Å². The minimum absolute atomic E-state index is 0.233. The second kappa shape index (κ2) is 5.25. The normalized spacial score (nSPS) is 10.8. The van der Waals surface area contributed by atoms with Crippen LogP contribution in [0.1, 0.15) is 41.9 Å². The van der Waals surface area contributed by atoms with Crippen molar-refractivity contribution in [3.63, 3.8) is 0 Å². The maximum atomic E-state index is 12.0. The zero-order chi connectivity index (χ0) is 13.1. The predicted octanol–water partition coefficient (Wildman–Crippen LogP) is 3.38. The van der Waals surface area contributed by atoms with Crippen molar-refractivity contribution >= 4 is 11.5 Å². The highest BCUT2D eigenvalue weighted by Gasteiger charge is 2.15. The highest BCUT2D eigenvalue weighted by atomic mass is 16.5. The lowest BCUT2D eigenvalue weighted by atomic mass is 10.2. The van der Waals surface area contributed by atoms with Gasteiger partial charge in [0, 0.05) is 11.9 Å². The molecule has 0 bridgehead atoms. The van der Waals surface area contributed by atoms with Crippen molar-refractivity contribution in [2.75, 3.05) is 6.61 Å². The first-order chi connectivity index (χ1) is 8.67. The number of esters is 1. The summed E-state index contributed by atoms with van der Waals surface area (Å²) in [6.07, 6.45) is 4.05. The van der Waals surface area contributed by atoms with Crippen LogP contribution in [0, 0.1) is 6.92 Å². The van der Waals surface area contributed by atoms with E-state index in [0.29, 0.717) is 12.2 Å². The van der Waals surface area contributed by atoms with Crippen LogP contribution in [0.3, 0.4) is 0 Å². The highest BCUT2D eigenvalue weighted by Crippen LogP contribution is 2.20. The molecule has 0 aliphatic carbocycles. The van der Waals surface area contributed by atoms with Gasteiger partial charge in [-0.2, -0.15) is 0 Å². The molecule has 0 spiro atoms. The van der Waals surface area contributed by atoms with Crippen LogP contribution in [0.15, 0.2) is 24.4 Å². The molecule has 2 heterocycles. The van der Waals surface area contributed by atoms with Crippen molar-refractivity contribution in [3.05, 3.63) is 41.2 Å². The van der Waals surface area contributed by atoms with Crippen molar-refractivity contribution in [1.29, 1.82) is 0 Å². The van der Waals surface area contributed by atoms with Gasteiger partial charge in [0.1, 0.15) is 0 Å². The number of pyridine rings is 1. The molecule has 0 aromatic carbocycles. The lowest BCUT2D eigenvalue weighted by molar-refractivity contribution is 0.0529. The molecule has 0 aliphatic heterocycles. The molecule has 3 nitrogen and oxygen atoms in total. The van der Waals surface area contributed by atoms with Gasteiger partial charge in [0.05, 0.1) is 17.7 Å². The van der Waals surface area contributed by atoms with Crippen LogP contribution in [0.4, 0.5) is 0 Å². The molecule has 0 saturated heterocycles. The Morgan fingerprint density at radius 3 is 2.78 bits per heavy atom. The minimum Gasteiger partial charge on any atom is -0.462 e. The number of hydrogen-bond acceptors (Lipinski definition) is 2. The Morgan fingerprint density at radius 2 is 2.11 bits per heavy atom. The number of aryl methyl sites for hydroxylation is 2. The summed E-state index contributed by atoms with van der Waals surface area (Å²) in [6, 6.07) is 6.04. The number of rotatable bonds is 4. The molecular weight excluding hydrogens is 226 g/mol. The number of hydrogen-bond donors (Lipinski definition) is 0. The van der Waals surface area contributed by atoms with Crippen molar-refractivity contribution in [1.82, 2.24) is 4.40 Å². The molecule has 2 aromatic heterocycles. The van der Waals surface area contributed by atoms with Gasteiger partial charge in [-0.05, 0) is 44.0 Å². The lowest BCUT2D eigenvalue weighted by Crippen LogP contribution is -2.04. The zero-order valence-electron chi connectivity index (χ0n) is 11.2. The summed E-state index contributed by atoms with van der Waals surface area (Å²) in [5.41, 5.74) is 3.92. The largest absolute Gasteiger partial charge is 0.462 e. The van der Waals surface area contributed by atoms with Crippen LogP contribution in [0.25, 0.3) is 5.52 Å². The first kappa shape index (κ1) is 12.7. The molecule has 96 valence electrons. The summed E-state index contributed by atoms with van der Waals surface area (Å²) in [7, 11) is 0. The molecule has 0 saturated carbocycles. The van der Waals surface area contributed by atoms with Crippen LogP contribution in [-0.4, -0.2) is 17.0 Å². The van der Waals surface area contributed by atoms with Gasteiger partial charge < -0.3 is 9.14 Å². The second-order valence-corrected chi connectivity index (χ2v) is 4.48. The van der Waals surface area contributed by atoms with Crippen LogP contribution in [0.2, 0.25) is 0 Å². The topological polar surface area (TPSA) is 30.7 Å². The average molecular weight is 245 g/mol. The van der Waals surface area contributed by atoms with Gasteiger partial charge in [0.2, 0.25) is 0 Å². The standard InChI is InChI=1S/C15H19NO2/c1-4-6-12-10-13(15(17)18-5-2)14-9-11(3)7-8-16(12)14/h7-10H,4-6H2,1-3H3. The Labute approximate surface area is 107 Å². The third kappa shape index (κ3) is 2.26. The fourth-order valence-corrected chi connectivity index (χ4v) is 2.19. The van der Waals surface area contributed by atoms with Crippen molar-refractivity contribution < 1.29 is 9.53 Å². The zero-order valence-corrected chi connectivity index (χ0v) is 11.2. The molecule has 0 N–H and O–H groups in total. The van der Waals surface area contributed by atoms with Gasteiger partial charge in [0.25, 0.3) is 0 Å². The van der Waals surface area contributed by atoms with Crippen LogP contribution < -0.4 is 0 Å². The number of carbonyl (C=O) groups excluding carboxylic acids is 1. The summed E-state index contributed by atoms with van der Waals surface area (Å²) < 4.78 is 7.20. The van der Waals surface area contributed by atoms with E-state index < -0.39 is 0 Å². The number of fused-ring (bicyclic) bond motifs is 1. The third-order valence-electron chi connectivity index (χ3n) is 3.01. The second-order valence-electron chi connectivity index (χ2n) is 4.48. The van der Waals surface area contributed by atoms with Crippen molar-refractivity contribution in [3.8, 4) is 0 Å². The summed E-state index contributed by atoms with van der Waals surface area (Å²) >= 11 is 0. The molecular formula is C15H19NO2. The molecule has 0 amide bonds. The van der Waals surface area contributed by atoms with E-state index in [1.165, 1.54) is 0 Å². The van der Waals surface area contributed by atoms with E-state index >= 15 is 0 Å². The van der Waals surface area contributed by atoms with E-state index in [4.69, 9.17) is 4.74 Å². The molecule has 0 atom stereocenters. The van der Waals surface area contributed by atoms with Crippen LogP contribution in [-0.2, 0) is 11.2 Å². The molecule has 3 heteroatoms. The first-order valence-corrected chi connectivity index (χ1v) is 6.45. The summed E-state index contributed by atoms with van der Waals surface area (Å²) in [6.45, 7) is 6.40. The summed E-state index contributed by atoms with van der Waals surface area (Å²) in [5.74, 6) is -0.233. The maximum Gasteiger partial charge on any atom is 0.340 e. The molecule has 2 rings (SSSR count). The Balaban J connectivity index is 2.57. The van der Waals surface area contributed by atoms with Crippen molar-refractivity contribution in [2.24, 2.45) is 0 Å². The van der Waals surface area contributed by atoms with E-state index in [-0.39, 0.29) is 5.97 Å². The molecule has 0 aliphatic rings. The monoisotopic (exact) mass is 245 g/mol. The Hall–Kier alpha value is -1.77. The van der Waals surface area contributed by atoms with E-state index in [1.54, 1.807) is 0 Å². The SMILES string of the molecule is CCCc1cc(C(=O)OCC)c2cc(C)ccn12. The van der Waals surface area contributed by atoms with E-state index in [0.717, 1.165) is 29.6 Å². The quantitative estimate of drug-likeness (QED) is 0.773. The molecule has 18 heavy (non-hydrogen) atoms. The first-order valence-electron chi connectivity index (χ1n) is 6.45. The number of nitrogens with zero attached hydrogens (tertiary/aromatic N) is 1. The number of aromatic nitrogens is 1. The molecule has 0 radical (unpaired) electrons. The fourth-order valence-electron chi connectivity index (χ4n) is 2.19. The number of carbonyl (C=O) groups is 1. The molecule has 2 aromatic rings. The van der Waals surface area contributed by atoms with E-state index in [9.17, 15) is 4.79 Å². The Kier molecular flexibility index (Phi) is 3.70. The molecule has 0 unspecified atom stereocenters. The smallest absolute Gasteiger partial charge is 0.340 e. The van der Waals surface area contributed by atoms with Crippen LogP contribution in [0.5, 0.6) is 0 Å². The average Bonchev–Trinajstić information content (AvgIpc) is 2.68. The predicted molar refractivity (Wildman–Crippen MR) is 72.1 cm³/mol. The molecule has 0 fully saturated rings. The maximum absolute atomic E-state index is 12.0. The van der Waals surface area contributed by atoms with E-state index in [2.05, 4.69) is 17.4 Å². The Morgan fingerprint density at radius 1 is 1.33 bits per heavy atom. The van der Waals surface area contributed by atoms with E-state index in [1.807, 2.05) is 32.2 Å². The van der Waals surface area contributed by atoms with Gasteiger partial charge in [-0.15, -0.1) is 0 Å². The lowest BCUT2D eigenvalue weighted by Gasteiger charge is -2.03. The summed E-state index contributed by atoms with van der Waals surface area (Å²) in [4.78, 5) is 12.0. The van der Waals surface area contributed by atoms with Gasteiger partial charge in [0.15, 0.2) is 0 Å². The van der Waals surface area contributed by atoms with Gasteiger partial charge in [-0.1, -0.05) is 13.3 Å². The van der Waals surface area contributed by atoms with Gasteiger partial charge >= 0.3 is 5.97 Å². The third-order valence-corrected chi connectivity index (χ3v) is 3.01. The van der Waals surface area contributed by atoms with Gasteiger partial charge in [-0.25, -0.2) is 4.79 Å². The Bertz CT molecular complexity index is 569. The van der Waals surface area contributed by atoms with Crippen LogP contribution >= 0.6 is 0 Å². The highest BCUT2D eigenvalue weighted by molar-refractivity contribution is 5.97. The van der Waals surface area contributed by atoms with Crippen molar-refractivity contribution in [2.45, 2.75) is 33.6 Å². The number of ether oxygens (including phenoxy) is 1.